The SMILES string of the molecule is Cc1cc(C(=O)Nc2cc(C(F)(F)F)ccc2Br)ccc1[N+](=O)[O-]. The molecule has 24 heavy (non-hydrogen) atoms. The van der Waals surface area contributed by atoms with Gasteiger partial charge in [0, 0.05) is 21.7 Å². The van der Waals surface area contributed by atoms with Crippen molar-refractivity contribution in [2.24, 2.45) is 0 Å². The number of anilines is 1. The number of alkyl halides is 3. The molecule has 2 rings (SSSR count). The van der Waals surface area contributed by atoms with Crippen LogP contribution in [0.25, 0.3) is 0 Å². The van der Waals surface area contributed by atoms with E-state index in [4.69, 9.17) is 0 Å². The summed E-state index contributed by atoms with van der Waals surface area (Å²) in [6.07, 6.45) is -4.54. The van der Waals surface area contributed by atoms with Gasteiger partial charge in [0.1, 0.15) is 0 Å². The first kappa shape index (κ1) is 17.9. The van der Waals surface area contributed by atoms with Crippen LogP contribution in [0, 0.1) is 17.0 Å². The van der Waals surface area contributed by atoms with Crippen molar-refractivity contribution in [1.82, 2.24) is 0 Å². The second-order valence-electron chi connectivity index (χ2n) is 4.90. The second-order valence-corrected chi connectivity index (χ2v) is 5.76. The van der Waals surface area contributed by atoms with Gasteiger partial charge in [-0.3, -0.25) is 14.9 Å². The van der Waals surface area contributed by atoms with Crippen molar-refractivity contribution >= 4 is 33.2 Å². The van der Waals surface area contributed by atoms with Gasteiger partial charge in [0.05, 0.1) is 16.2 Å². The number of nitro benzene ring substituents is 1. The zero-order valence-electron chi connectivity index (χ0n) is 12.1. The van der Waals surface area contributed by atoms with E-state index in [-0.39, 0.29) is 27.0 Å². The Kier molecular flexibility index (Phi) is 4.93. The lowest BCUT2D eigenvalue weighted by molar-refractivity contribution is -0.385. The van der Waals surface area contributed by atoms with Crippen LogP contribution in [0.5, 0.6) is 0 Å². The molecule has 126 valence electrons. The zero-order valence-corrected chi connectivity index (χ0v) is 13.7. The predicted molar refractivity (Wildman–Crippen MR) is 84.9 cm³/mol. The van der Waals surface area contributed by atoms with Crippen LogP contribution in [0.4, 0.5) is 24.5 Å². The summed E-state index contributed by atoms with van der Waals surface area (Å²) >= 11 is 3.07. The maximum Gasteiger partial charge on any atom is 0.416 e. The average molecular weight is 403 g/mol. The fourth-order valence-electron chi connectivity index (χ4n) is 1.99. The summed E-state index contributed by atoms with van der Waals surface area (Å²) in [5.74, 6) is -0.673. The zero-order chi connectivity index (χ0) is 18.1. The van der Waals surface area contributed by atoms with Gasteiger partial charge in [-0.1, -0.05) is 0 Å². The van der Waals surface area contributed by atoms with Crippen molar-refractivity contribution in [3.05, 3.63) is 67.7 Å². The quantitative estimate of drug-likeness (QED) is 0.583. The Hall–Kier alpha value is -2.42. The van der Waals surface area contributed by atoms with E-state index in [1.807, 2.05) is 0 Å². The number of hydrogen-bond acceptors (Lipinski definition) is 3. The molecule has 0 aromatic heterocycles. The lowest BCUT2D eigenvalue weighted by Crippen LogP contribution is -2.14. The number of hydrogen-bond donors (Lipinski definition) is 1. The fraction of sp³-hybridized carbons (Fsp3) is 0.133. The minimum Gasteiger partial charge on any atom is -0.321 e. The Morgan fingerprint density at radius 1 is 1.21 bits per heavy atom. The lowest BCUT2D eigenvalue weighted by Gasteiger charge is -2.12. The van der Waals surface area contributed by atoms with E-state index in [0.717, 1.165) is 12.1 Å². The van der Waals surface area contributed by atoms with Crippen LogP contribution in [0.1, 0.15) is 21.5 Å². The molecule has 0 spiro atoms. The maximum absolute atomic E-state index is 12.7. The molecule has 0 fully saturated rings. The molecule has 0 heterocycles. The predicted octanol–water partition coefficient (Wildman–Crippen LogP) is 4.94. The summed E-state index contributed by atoms with van der Waals surface area (Å²) in [6.45, 7) is 1.47. The number of benzene rings is 2. The van der Waals surface area contributed by atoms with E-state index in [0.29, 0.717) is 0 Å². The van der Waals surface area contributed by atoms with Crippen molar-refractivity contribution in [3.63, 3.8) is 0 Å². The number of nitrogens with zero attached hydrogens (tertiary/aromatic N) is 1. The van der Waals surface area contributed by atoms with Crippen LogP contribution in [-0.4, -0.2) is 10.8 Å². The average Bonchev–Trinajstić information content (AvgIpc) is 2.47. The fourth-order valence-corrected chi connectivity index (χ4v) is 2.34. The summed E-state index contributed by atoms with van der Waals surface area (Å²) in [7, 11) is 0. The molecular weight excluding hydrogens is 393 g/mol. The van der Waals surface area contributed by atoms with Crippen LogP contribution in [0.3, 0.4) is 0 Å². The molecule has 2 aromatic carbocycles. The molecule has 0 aliphatic heterocycles. The van der Waals surface area contributed by atoms with Gasteiger partial charge in [-0.25, -0.2) is 0 Å². The number of aryl methyl sites for hydroxylation is 1. The topological polar surface area (TPSA) is 72.2 Å². The normalized spacial score (nSPS) is 11.2. The van der Waals surface area contributed by atoms with Gasteiger partial charge in [0.2, 0.25) is 0 Å². The van der Waals surface area contributed by atoms with Gasteiger partial charge >= 0.3 is 6.18 Å². The van der Waals surface area contributed by atoms with E-state index >= 15 is 0 Å². The highest BCUT2D eigenvalue weighted by molar-refractivity contribution is 9.10. The van der Waals surface area contributed by atoms with Gasteiger partial charge in [-0.15, -0.1) is 0 Å². The maximum atomic E-state index is 12.7. The number of carbonyl (C=O) groups is 1. The third-order valence-electron chi connectivity index (χ3n) is 3.20. The number of rotatable bonds is 3. The van der Waals surface area contributed by atoms with Crippen LogP contribution in [0.2, 0.25) is 0 Å². The van der Waals surface area contributed by atoms with E-state index in [2.05, 4.69) is 21.2 Å². The number of halogens is 4. The molecule has 0 saturated carbocycles. The van der Waals surface area contributed by atoms with Gasteiger partial charge in [0.25, 0.3) is 11.6 Å². The van der Waals surface area contributed by atoms with Gasteiger partial charge in [0.15, 0.2) is 0 Å². The summed E-state index contributed by atoms with van der Waals surface area (Å²) < 4.78 is 38.5. The molecule has 0 atom stereocenters. The largest absolute Gasteiger partial charge is 0.416 e. The Bertz CT molecular complexity index is 822. The molecule has 0 saturated heterocycles. The lowest BCUT2D eigenvalue weighted by atomic mass is 10.1. The molecule has 0 unspecified atom stereocenters. The molecule has 5 nitrogen and oxygen atoms in total. The van der Waals surface area contributed by atoms with Crippen LogP contribution in [-0.2, 0) is 6.18 Å². The van der Waals surface area contributed by atoms with E-state index in [1.165, 1.54) is 31.2 Å². The Balaban J connectivity index is 2.30. The second kappa shape index (κ2) is 6.60. The monoisotopic (exact) mass is 402 g/mol. The minimum absolute atomic E-state index is 0.0502. The summed E-state index contributed by atoms with van der Waals surface area (Å²) in [4.78, 5) is 22.4. The van der Waals surface area contributed by atoms with Crippen LogP contribution < -0.4 is 5.32 Å². The van der Waals surface area contributed by atoms with Crippen molar-refractivity contribution in [1.29, 1.82) is 0 Å². The third kappa shape index (κ3) is 3.91. The first-order chi connectivity index (χ1) is 11.1. The Morgan fingerprint density at radius 2 is 1.88 bits per heavy atom. The molecule has 1 amide bonds. The summed E-state index contributed by atoms with van der Waals surface area (Å²) in [6, 6.07) is 6.58. The number of amides is 1. The summed E-state index contributed by atoms with van der Waals surface area (Å²) in [5, 5.41) is 13.1. The minimum atomic E-state index is -4.54. The highest BCUT2D eigenvalue weighted by Crippen LogP contribution is 2.34. The van der Waals surface area contributed by atoms with Gasteiger partial charge in [-0.2, -0.15) is 13.2 Å². The highest BCUT2D eigenvalue weighted by atomic mass is 79.9. The molecule has 1 N–H and O–H groups in total. The molecule has 0 bridgehead atoms. The number of nitrogens with one attached hydrogen (secondary N) is 1. The van der Waals surface area contributed by atoms with Crippen molar-refractivity contribution < 1.29 is 22.9 Å². The van der Waals surface area contributed by atoms with Crippen LogP contribution >= 0.6 is 15.9 Å². The smallest absolute Gasteiger partial charge is 0.321 e. The first-order valence-corrected chi connectivity index (χ1v) is 7.32. The van der Waals surface area contributed by atoms with Crippen molar-refractivity contribution in [2.45, 2.75) is 13.1 Å². The molecule has 2 aromatic rings. The van der Waals surface area contributed by atoms with Gasteiger partial charge in [-0.05, 0) is 53.2 Å². The molecule has 9 heteroatoms. The highest BCUT2D eigenvalue weighted by Gasteiger charge is 2.31. The molecule has 0 radical (unpaired) electrons. The Morgan fingerprint density at radius 3 is 2.42 bits per heavy atom. The molecule has 0 aliphatic carbocycles. The third-order valence-corrected chi connectivity index (χ3v) is 3.89. The van der Waals surface area contributed by atoms with E-state index < -0.39 is 22.6 Å². The Labute approximate surface area is 142 Å². The van der Waals surface area contributed by atoms with Gasteiger partial charge < -0.3 is 5.32 Å². The first-order valence-electron chi connectivity index (χ1n) is 6.52. The molecule has 0 aliphatic rings. The molecular formula is C15H10BrF3N2O3. The van der Waals surface area contributed by atoms with Crippen molar-refractivity contribution in [3.8, 4) is 0 Å². The van der Waals surface area contributed by atoms with E-state index in [9.17, 15) is 28.1 Å². The summed E-state index contributed by atoms with van der Waals surface area (Å²) in [5.41, 5.74) is -0.725. The number of nitro groups is 1. The number of carbonyl (C=O) groups excluding carboxylic acids is 1. The van der Waals surface area contributed by atoms with E-state index in [1.54, 1.807) is 0 Å². The standard InChI is InChI=1S/C15H10BrF3N2O3/c1-8-6-9(2-5-13(8)21(23)24)14(22)20-12-7-10(15(17,18)19)3-4-11(12)16/h2-7H,1H3,(H,20,22). The van der Waals surface area contributed by atoms with Crippen molar-refractivity contribution in [2.75, 3.05) is 5.32 Å². The van der Waals surface area contributed by atoms with Crippen LogP contribution in [0.15, 0.2) is 40.9 Å².